The van der Waals surface area contributed by atoms with Crippen LogP contribution in [0.3, 0.4) is 0 Å². The summed E-state index contributed by atoms with van der Waals surface area (Å²) in [5, 5.41) is 0. The van der Waals surface area contributed by atoms with Gasteiger partial charge < -0.3 is 0 Å². The standard InChI is InChI=1S/C15H15Cl/c1-11-4-3-5-13(8-11)15-9-12(2)6-7-14(15)10-16/h3-9H,10H2,1-2H3. The van der Waals surface area contributed by atoms with Gasteiger partial charge in [-0.2, -0.15) is 0 Å². The quantitative estimate of drug-likeness (QED) is 0.656. The topological polar surface area (TPSA) is 0 Å². The van der Waals surface area contributed by atoms with Crippen LogP contribution >= 0.6 is 11.6 Å². The maximum absolute atomic E-state index is 5.97. The van der Waals surface area contributed by atoms with Gasteiger partial charge in [-0.1, -0.05) is 53.6 Å². The van der Waals surface area contributed by atoms with Crippen LogP contribution in [-0.2, 0) is 5.88 Å². The van der Waals surface area contributed by atoms with Gasteiger partial charge in [0.15, 0.2) is 0 Å². The number of aryl methyl sites for hydroxylation is 2. The van der Waals surface area contributed by atoms with Crippen molar-refractivity contribution >= 4 is 11.6 Å². The molecule has 0 heterocycles. The van der Waals surface area contributed by atoms with Crippen LogP contribution in [0.2, 0.25) is 0 Å². The fraction of sp³-hybridized carbons (Fsp3) is 0.200. The Bertz CT molecular complexity index is 501. The van der Waals surface area contributed by atoms with E-state index in [0.717, 1.165) is 0 Å². The Kier molecular flexibility index (Phi) is 3.31. The van der Waals surface area contributed by atoms with Crippen molar-refractivity contribution in [1.82, 2.24) is 0 Å². The molecule has 0 aromatic heterocycles. The second-order valence-corrected chi connectivity index (χ2v) is 4.43. The average molecular weight is 231 g/mol. The Hall–Kier alpha value is -1.27. The molecule has 0 nitrogen and oxygen atoms in total. The van der Waals surface area contributed by atoms with Crippen LogP contribution < -0.4 is 0 Å². The Morgan fingerprint density at radius 1 is 0.938 bits per heavy atom. The fourth-order valence-electron chi connectivity index (χ4n) is 1.89. The average Bonchev–Trinajstić information content (AvgIpc) is 2.29. The van der Waals surface area contributed by atoms with Crippen LogP contribution in [-0.4, -0.2) is 0 Å². The first kappa shape index (κ1) is 11.2. The van der Waals surface area contributed by atoms with Gasteiger partial charge in [0, 0.05) is 5.88 Å². The Labute approximate surface area is 102 Å². The van der Waals surface area contributed by atoms with Gasteiger partial charge in [-0.25, -0.2) is 0 Å². The van der Waals surface area contributed by atoms with Crippen molar-refractivity contribution in [2.45, 2.75) is 19.7 Å². The lowest BCUT2D eigenvalue weighted by molar-refractivity contribution is 1.35. The van der Waals surface area contributed by atoms with E-state index in [-0.39, 0.29) is 0 Å². The normalized spacial score (nSPS) is 10.4. The number of halogens is 1. The van der Waals surface area contributed by atoms with E-state index < -0.39 is 0 Å². The van der Waals surface area contributed by atoms with E-state index in [4.69, 9.17) is 11.6 Å². The maximum atomic E-state index is 5.97. The van der Waals surface area contributed by atoms with Gasteiger partial charge in [0.25, 0.3) is 0 Å². The molecule has 0 saturated carbocycles. The Morgan fingerprint density at radius 2 is 1.69 bits per heavy atom. The van der Waals surface area contributed by atoms with Gasteiger partial charge in [-0.15, -0.1) is 11.6 Å². The lowest BCUT2D eigenvalue weighted by Gasteiger charge is -2.09. The minimum absolute atomic E-state index is 0.559. The third-order valence-corrected chi connectivity index (χ3v) is 3.03. The van der Waals surface area contributed by atoms with Gasteiger partial charge in [-0.3, -0.25) is 0 Å². The van der Waals surface area contributed by atoms with Crippen molar-refractivity contribution in [1.29, 1.82) is 0 Å². The smallest absolute Gasteiger partial charge is 0.0480 e. The van der Waals surface area contributed by atoms with Crippen LogP contribution in [0.15, 0.2) is 42.5 Å². The second-order valence-electron chi connectivity index (χ2n) is 4.16. The van der Waals surface area contributed by atoms with E-state index >= 15 is 0 Å². The summed E-state index contributed by atoms with van der Waals surface area (Å²) in [6.45, 7) is 4.22. The van der Waals surface area contributed by atoms with E-state index in [2.05, 4.69) is 56.3 Å². The first-order valence-electron chi connectivity index (χ1n) is 5.43. The molecule has 0 aliphatic rings. The maximum Gasteiger partial charge on any atom is 0.0480 e. The van der Waals surface area contributed by atoms with Crippen LogP contribution in [0.25, 0.3) is 11.1 Å². The molecule has 0 aliphatic carbocycles. The molecular formula is C15H15Cl. The molecule has 0 bridgehead atoms. The van der Waals surface area contributed by atoms with Gasteiger partial charge in [0.05, 0.1) is 0 Å². The molecule has 16 heavy (non-hydrogen) atoms. The predicted molar refractivity (Wildman–Crippen MR) is 70.9 cm³/mol. The predicted octanol–water partition coefficient (Wildman–Crippen LogP) is 4.71. The largest absolute Gasteiger partial charge is 0.122 e. The summed E-state index contributed by atoms with van der Waals surface area (Å²) in [6.07, 6.45) is 0. The highest BCUT2D eigenvalue weighted by Crippen LogP contribution is 2.26. The molecule has 2 rings (SSSR count). The number of hydrogen-bond acceptors (Lipinski definition) is 0. The number of alkyl halides is 1. The van der Waals surface area contributed by atoms with Gasteiger partial charge >= 0.3 is 0 Å². The highest BCUT2D eigenvalue weighted by molar-refractivity contribution is 6.17. The molecule has 0 saturated heterocycles. The van der Waals surface area contributed by atoms with E-state index in [9.17, 15) is 0 Å². The van der Waals surface area contributed by atoms with Crippen LogP contribution in [0.1, 0.15) is 16.7 Å². The van der Waals surface area contributed by atoms with Crippen molar-refractivity contribution in [2.24, 2.45) is 0 Å². The van der Waals surface area contributed by atoms with Crippen molar-refractivity contribution in [3.05, 3.63) is 59.2 Å². The lowest BCUT2D eigenvalue weighted by Crippen LogP contribution is -1.88. The summed E-state index contributed by atoms with van der Waals surface area (Å²) in [6, 6.07) is 15.0. The van der Waals surface area contributed by atoms with Crippen molar-refractivity contribution in [2.75, 3.05) is 0 Å². The van der Waals surface area contributed by atoms with Crippen molar-refractivity contribution in [3.63, 3.8) is 0 Å². The van der Waals surface area contributed by atoms with Crippen molar-refractivity contribution < 1.29 is 0 Å². The van der Waals surface area contributed by atoms with E-state index in [1.165, 1.54) is 27.8 Å². The molecule has 0 N–H and O–H groups in total. The second kappa shape index (κ2) is 4.71. The fourth-order valence-corrected chi connectivity index (χ4v) is 2.12. The molecule has 0 atom stereocenters. The third kappa shape index (κ3) is 2.28. The van der Waals surface area contributed by atoms with E-state index in [0.29, 0.717) is 5.88 Å². The zero-order valence-corrected chi connectivity index (χ0v) is 10.4. The Balaban J connectivity index is 2.58. The van der Waals surface area contributed by atoms with E-state index in [1.54, 1.807) is 0 Å². The summed E-state index contributed by atoms with van der Waals surface area (Å²) in [4.78, 5) is 0. The first-order chi connectivity index (χ1) is 7.70. The summed E-state index contributed by atoms with van der Waals surface area (Å²) < 4.78 is 0. The highest BCUT2D eigenvalue weighted by Gasteiger charge is 2.04. The third-order valence-electron chi connectivity index (χ3n) is 2.74. The number of hydrogen-bond donors (Lipinski definition) is 0. The minimum atomic E-state index is 0.559. The van der Waals surface area contributed by atoms with Gasteiger partial charge in [-0.05, 0) is 30.5 Å². The summed E-state index contributed by atoms with van der Waals surface area (Å²) in [7, 11) is 0. The molecule has 0 amide bonds. The molecule has 82 valence electrons. The molecule has 2 aromatic rings. The van der Waals surface area contributed by atoms with E-state index in [1.807, 2.05) is 0 Å². The molecule has 0 spiro atoms. The zero-order valence-electron chi connectivity index (χ0n) is 9.63. The Morgan fingerprint density at radius 3 is 2.38 bits per heavy atom. The highest BCUT2D eigenvalue weighted by atomic mass is 35.5. The molecule has 2 aromatic carbocycles. The molecule has 0 aliphatic heterocycles. The van der Waals surface area contributed by atoms with Crippen LogP contribution in [0.4, 0.5) is 0 Å². The summed E-state index contributed by atoms with van der Waals surface area (Å²) >= 11 is 5.97. The molecule has 1 heteroatoms. The van der Waals surface area contributed by atoms with Crippen molar-refractivity contribution in [3.8, 4) is 11.1 Å². The number of benzene rings is 2. The van der Waals surface area contributed by atoms with Crippen LogP contribution in [0, 0.1) is 13.8 Å². The molecule has 0 unspecified atom stereocenters. The minimum Gasteiger partial charge on any atom is -0.122 e. The zero-order chi connectivity index (χ0) is 11.5. The number of rotatable bonds is 2. The first-order valence-corrected chi connectivity index (χ1v) is 5.96. The van der Waals surface area contributed by atoms with Gasteiger partial charge in [0.1, 0.15) is 0 Å². The lowest BCUT2D eigenvalue weighted by atomic mass is 9.97. The summed E-state index contributed by atoms with van der Waals surface area (Å²) in [5.41, 5.74) is 6.24. The van der Waals surface area contributed by atoms with Crippen LogP contribution in [0.5, 0.6) is 0 Å². The monoisotopic (exact) mass is 230 g/mol. The van der Waals surface area contributed by atoms with Gasteiger partial charge in [0.2, 0.25) is 0 Å². The SMILES string of the molecule is Cc1cccc(-c2cc(C)ccc2CCl)c1. The summed E-state index contributed by atoms with van der Waals surface area (Å²) in [5.74, 6) is 0.559. The molecule has 0 radical (unpaired) electrons. The molecule has 0 fully saturated rings. The molecular weight excluding hydrogens is 216 g/mol.